The molecular weight excluding hydrogens is 256 g/mol. The van der Waals surface area contributed by atoms with Crippen LogP contribution in [0.25, 0.3) is 0 Å². The van der Waals surface area contributed by atoms with Crippen LogP contribution in [0.2, 0.25) is 5.02 Å². The maximum Gasteiger partial charge on any atom is 0.208 e. The van der Waals surface area contributed by atoms with Gasteiger partial charge in [-0.15, -0.1) is 0 Å². The summed E-state index contributed by atoms with van der Waals surface area (Å²) in [6.45, 7) is 0. The molecule has 0 bridgehead atoms. The van der Waals surface area contributed by atoms with Crippen molar-refractivity contribution in [2.24, 2.45) is 5.10 Å². The molecule has 0 aliphatic heterocycles. The minimum absolute atomic E-state index is 0.0860. The van der Waals surface area contributed by atoms with E-state index in [4.69, 9.17) is 26.5 Å². The number of halogens is 1. The number of methoxy groups -OCH3 is 2. The zero-order chi connectivity index (χ0) is 13.5. The second-order valence-electron chi connectivity index (χ2n) is 3.20. The van der Waals surface area contributed by atoms with Crippen LogP contribution in [0.5, 0.6) is 11.5 Å². The predicted molar refractivity (Wildman–Crippen MR) is 72.1 cm³/mol. The molecule has 0 heterocycles. The Labute approximate surface area is 110 Å². The van der Waals surface area contributed by atoms with Crippen molar-refractivity contribution >= 4 is 23.8 Å². The van der Waals surface area contributed by atoms with Crippen LogP contribution in [0.1, 0.15) is 5.56 Å². The van der Waals surface area contributed by atoms with Gasteiger partial charge in [-0.1, -0.05) is 11.6 Å². The zero-order valence-electron chi connectivity index (χ0n) is 10.4. The summed E-state index contributed by atoms with van der Waals surface area (Å²) in [5, 5.41) is 14.1. The van der Waals surface area contributed by atoms with Gasteiger partial charge in [0.1, 0.15) is 0 Å². The van der Waals surface area contributed by atoms with Crippen LogP contribution >= 0.6 is 11.6 Å². The number of hydrogen-bond acceptors (Lipinski definition) is 4. The molecule has 98 valence electrons. The second-order valence-corrected chi connectivity index (χ2v) is 3.58. The van der Waals surface area contributed by atoms with Crippen molar-refractivity contribution in [2.75, 3.05) is 21.3 Å². The van der Waals surface area contributed by atoms with Crippen LogP contribution in [0.3, 0.4) is 0 Å². The Morgan fingerprint density at radius 3 is 2.67 bits per heavy atom. The van der Waals surface area contributed by atoms with Gasteiger partial charge in [0.2, 0.25) is 5.96 Å². The standard InChI is InChI=1S/C11H15ClN4O2/c1-14-11(13)16-15-6-7-4-5-8(17-2)10(18-3)9(7)12/h4-6H,1-3H3,(H3,13,14,16)/b15-6+. The molecule has 1 aromatic rings. The highest BCUT2D eigenvalue weighted by Crippen LogP contribution is 2.36. The van der Waals surface area contributed by atoms with E-state index in [0.29, 0.717) is 22.1 Å². The summed E-state index contributed by atoms with van der Waals surface area (Å²) in [6.07, 6.45) is 1.50. The van der Waals surface area contributed by atoms with E-state index in [1.54, 1.807) is 19.2 Å². The number of benzene rings is 1. The minimum atomic E-state index is 0.0860. The minimum Gasteiger partial charge on any atom is -0.493 e. The maximum absolute atomic E-state index is 7.29. The Morgan fingerprint density at radius 2 is 2.11 bits per heavy atom. The normalized spacial score (nSPS) is 10.2. The SMILES string of the molecule is CNC(=N)N/N=C/c1ccc(OC)c(OC)c1Cl. The topological polar surface area (TPSA) is 78.7 Å². The third kappa shape index (κ3) is 3.27. The molecule has 0 saturated heterocycles. The van der Waals surface area contributed by atoms with Crippen molar-refractivity contribution in [2.45, 2.75) is 0 Å². The molecule has 1 rings (SSSR count). The maximum atomic E-state index is 7.29. The number of nitrogens with zero attached hydrogens (tertiary/aromatic N) is 1. The lowest BCUT2D eigenvalue weighted by molar-refractivity contribution is 0.355. The van der Waals surface area contributed by atoms with E-state index < -0.39 is 0 Å². The van der Waals surface area contributed by atoms with E-state index in [2.05, 4.69) is 15.8 Å². The van der Waals surface area contributed by atoms with Crippen molar-refractivity contribution in [1.82, 2.24) is 10.7 Å². The Morgan fingerprint density at radius 1 is 1.39 bits per heavy atom. The highest BCUT2D eigenvalue weighted by atomic mass is 35.5. The lowest BCUT2D eigenvalue weighted by Gasteiger charge is -2.10. The number of ether oxygens (including phenoxy) is 2. The fraction of sp³-hybridized carbons (Fsp3) is 0.273. The van der Waals surface area contributed by atoms with Crippen LogP contribution in [0, 0.1) is 5.41 Å². The number of hydrazone groups is 1. The molecule has 3 N–H and O–H groups in total. The molecule has 0 amide bonds. The molecular formula is C11H15ClN4O2. The van der Waals surface area contributed by atoms with Crippen LogP contribution < -0.4 is 20.2 Å². The van der Waals surface area contributed by atoms with Gasteiger partial charge in [0.05, 0.1) is 25.5 Å². The van der Waals surface area contributed by atoms with Crippen LogP contribution in [-0.2, 0) is 0 Å². The molecule has 6 nitrogen and oxygen atoms in total. The van der Waals surface area contributed by atoms with Gasteiger partial charge in [-0.3, -0.25) is 5.41 Å². The summed E-state index contributed by atoms with van der Waals surface area (Å²) in [5.41, 5.74) is 3.14. The van der Waals surface area contributed by atoms with E-state index in [1.165, 1.54) is 20.4 Å². The first-order valence-corrected chi connectivity index (χ1v) is 5.47. The van der Waals surface area contributed by atoms with Gasteiger partial charge in [0.15, 0.2) is 11.5 Å². The Balaban J connectivity index is 2.94. The largest absolute Gasteiger partial charge is 0.493 e. The van der Waals surface area contributed by atoms with E-state index in [9.17, 15) is 0 Å². The van der Waals surface area contributed by atoms with Gasteiger partial charge in [-0.25, -0.2) is 5.43 Å². The Bertz CT molecular complexity index is 463. The summed E-state index contributed by atoms with van der Waals surface area (Å²) < 4.78 is 10.3. The van der Waals surface area contributed by atoms with E-state index >= 15 is 0 Å². The number of rotatable bonds is 4. The van der Waals surface area contributed by atoms with Crippen LogP contribution in [0.4, 0.5) is 0 Å². The third-order valence-corrected chi connectivity index (χ3v) is 2.53. The van der Waals surface area contributed by atoms with Gasteiger partial charge < -0.3 is 14.8 Å². The highest BCUT2D eigenvalue weighted by Gasteiger charge is 2.11. The first-order chi connectivity index (χ1) is 8.63. The molecule has 0 spiro atoms. The molecule has 18 heavy (non-hydrogen) atoms. The summed E-state index contributed by atoms with van der Waals surface area (Å²) in [6, 6.07) is 3.48. The van der Waals surface area contributed by atoms with Gasteiger partial charge in [0, 0.05) is 12.6 Å². The average Bonchev–Trinajstić information content (AvgIpc) is 2.39. The summed E-state index contributed by atoms with van der Waals surface area (Å²) in [4.78, 5) is 0. The first-order valence-electron chi connectivity index (χ1n) is 5.09. The fourth-order valence-electron chi connectivity index (χ4n) is 1.23. The average molecular weight is 271 g/mol. The second kappa shape index (κ2) is 6.70. The van der Waals surface area contributed by atoms with E-state index in [-0.39, 0.29) is 5.96 Å². The number of hydrogen-bond donors (Lipinski definition) is 3. The number of nitrogens with one attached hydrogen (secondary N) is 3. The van der Waals surface area contributed by atoms with Crippen LogP contribution in [0.15, 0.2) is 17.2 Å². The molecule has 0 fully saturated rings. The molecule has 0 radical (unpaired) electrons. The molecule has 0 atom stereocenters. The monoisotopic (exact) mass is 270 g/mol. The van der Waals surface area contributed by atoms with Gasteiger partial charge in [-0.2, -0.15) is 5.10 Å². The lowest BCUT2D eigenvalue weighted by Crippen LogP contribution is -2.29. The molecule has 0 aromatic heterocycles. The molecule has 1 aromatic carbocycles. The predicted octanol–water partition coefficient (Wildman–Crippen LogP) is 1.43. The number of guanidine groups is 1. The Hall–Kier alpha value is -1.95. The van der Waals surface area contributed by atoms with Crippen molar-refractivity contribution in [3.8, 4) is 11.5 Å². The zero-order valence-corrected chi connectivity index (χ0v) is 11.1. The Kier molecular flexibility index (Phi) is 5.26. The summed E-state index contributed by atoms with van der Waals surface area (Å²) >= 11 is 6.15. The van der Waals surface area contributed by atoms with Crippen molar-refractivity contribution < 1.29 is 9.47 Å². The van der Waals surface area contributed by atoms with Gasteiger partial charge in [0.25, 0.3) is 0 Å². The molecule has 0 aliphatic rings. The van der Waals surface area contributed by atoms with Crippen molar-refractivity contribution in [3.05, 3.63) is 22.7 Å². The fourth-order valence-corrected chi connectivity index (χ4v) is 1.51. The molecule has 0 aliphatic carbocycles. The molecule has 0 saturated carbocycles. The van der Waals surface area contributed by atoms with Crippen molar-refractivity contribution in [1.29, 1.82) is 5.41 Å². The molecule has 0 unspecified atom stereocenters. The van der Waals surface area contributed by atoms with E-state index in [0.717, 1.165) is 0 Å². The lowest BCUT2D eigenvalue weighted by atomic mass is 10.2. The van der Waals surface area contributed by atoms with Gasteiger partial charge in [-0.05, 0) is 12.1 Å². The molecule has 7 heteroatoms. The third-order valence-electron chi connectivity index (χ3n) is 2.14. The highest BCUT2D eigenvalue weighted by molar-refractivity contribution is 6.34. The van der Waals surface area contributed by atoms with E-state index in [1.807, 2.05) is 0 Å². The van der Waals surface area contributed by atoms with Crippen molar-refractivity contribution in [3.63, 3.8) is 0 Å². The summed E-state index contributed by atoms with van der Waals surface area (Å²) in [7, 11) is 4.67. The van der Waals surface area contributed by atoms with Crippen LogP contribution in [-0.4, -0.2) is 33.4 Å². The first kappa shape index (κ1) is 14.1. The quantitative estimate of drug-likeness (QED) is 0.439. The smallest absolute Gasteiger partial charge is 0.208 e. The van der Waals surface area contributed by atoms with Gasteiger partial charge >= 0.3 is 0 Å². The summed E-state index contributed by atoms with van der Waals surface area (Å²) in [5.74, 6) is 1.09.